The molecule has 2 aliphatic heterocycles. The molecule has 0 aliphatic carbocycles. The molecule has 2 heterocycles. The van der Waals surface area contributed by atoms with Crippen LogP contribution in [0.15, 0.2) is 117 Å². The Bertz CT molecular complexity index is 1160. The maximum atomic E-state index is 2.51. The highest BCUT2D eigenvalue weighted by Gasteiger charge is 2.23. The predicted molar refractivity (Wildman–Crippen MR) is 155 cm³/mol. The number of anilines is 4. The van der Waals surface area contributed by atoms with E-state index in [2.05, 4.69) is 119 Å². The smallest absolute Gasteiger partial charge is 0.0552 e. The van der Waals surface area contributed by atoms with Crippen LogP contribution in [0, 0.1) is 0 Å². The summed E-state index contributed by atoms with van der Waals surface area (Å²) < 4.78 is 0. The van der Waals surface area contributed by atoms with Crippen molar-refractivity contribution in [1.82, 2.24) is 4.90 Å². The molecular formula is C31H31N3S2. The van der Waals surface area contributed by atoms with Gasteiger partial charge in [0.15, 0.2) is 0 Å². The molecule has 0 N–H and O–H groups in total. The third kappa shape index (κ3) is 4.75. The molecule has 4 aromatic rings. The molecular weight excluding hydrogens is 478 g/mol. The molecule has 0 bridgehead atoms. The minimum absolute atomic E-state index is 1.03. The minimum atomic E-state index is 1.03. The van der Waals surface area contributed by atoms with Crippen LogP contribution in [0.3, 0.4) is 0 Å². The molecule has 0 atom stereocenters. The highest BCUT2D eigenvalue weighted by atomic mass is 32.2. The zero-order valence-electron chi connectivity index (χ0n) is 20.6. The fourth-order valence-corrected chi connectivity index (χ4v) is 7.34. The van der Waals surface area contributed by atoms with Gasteiger partial charge < -0.3 is 14.7 Å². The quantitative estimate of drug-likeness (QED) is 0.236. The second-order valence-electron chi connectivity index (χ2n) is 9.39. The Morgan fingerprint density at radius 1 is 0.500 bits per heavy atom. The summed E-state index contributed by atoms with van der Waals surface area (Å²) in [7, 11) is 2.27. The fourth-order valence-electron chi connectivity index (χ4n) is 5.15. The number of benzene rings is 4. The van der Waals surface area contributed by atoms with E-state index >= 15 is 0 Å². The molecule has 0 spiro atoms. The fraction of sp³-hybridized carbons (Fsp3) is 0.226. The molecule has 0 amide bonds. The van der Waals surface area contributed by atoms with Crippen LogP contribution in [0.4, 0.5) is 22.7 Å². The molecule has 4 aromatic carbocycles. The van der Waals surface area contributed by atoms with Crippen molar-refractivity contribution in [2.75, 3.05) is 43.0 Å². The molecule has 0 radical (unpaired) electrons. The zero-order chi connectivity index (χ0) is 24.3. The first kappa shape index (κ1) is 23.5. The molecule has 5 heteroatoms. The Morgan fingerprint density at radius 3 is 1.14 bits per heavy atom. The van der Waals surface area contributed by atoms with Gasteiger partial charge >= 0.3 is 0 Å². The van der Waals surface area contributed by atoms with Gasteiger partial charge in [0, 0.05) is 32.7 Å². The van der Waals surface area contributed by atoms with Gasteiger partial charge in [-0.2, -0.15) is 0 Å². The number of hydrogen-bond donors (Lipinski definition) is 0. The summed E-state index contributed by atoms with van der Waals surface area (Å²) in [6.45, 7) is 4.25. The van der Waals surface area contributed by atoms with Crippen LogP contribution < -0.4 is 9.80 Å². The van der Waals surface area contributed by atoms with E-state index in [0.717, 1.165) is 39.0 Å². The Kier molecular flexibility index (Phi) is 6.95. The van der Waals surface area contributed by atoms with Gasteiger partial charge in [0.1, 0.15) is 0 Å². The molecule has 3 nitrogen and oxygen atoms in total. The molecule has 182 valence electrons. The lowest BCUT2D eigenvalue weighted by molar-refractivity contribution is 0.328. The number of para-hydroxylation sites is 4. The molecule has 0 saturated carbocycles. The lowest BCUT2D eigenvalue weighted by Gasteiger charge is -2.34. The van der Waals surface area contributed by atoms with Crippen molar-refractivity contribution in [3.05, 3.63) is 97.1 Å². The van der Waals surface area contributed by atoms with Crippen LogP contribution in [0.25, 0.3) is 0 Å². The van der Waals surface area contributed by atoms with Gasteiger partial charge in [-0.3, -0.25) is 0 Å². The van der Waals surface area contributed by atoms with Crippen molar-refractivity contribution in [1.29, 1.82) is 0 Å². The van der Waals surface area contributed by atoms with E-state index in [1.54, 1.807) is 0 Å². The summed E-state index contributed by atoms with van der Waals surface area (Å²) in [5, 5.41) is 0. The highest BCUT2D eigenvalue weighted by molar-refractivity contribution is 8.00. The van der Waals surface area contributed by atoms with Gasteiger partial charge in [-0.25, -0.2) is 0 Å². The van der Waals surface area contributed by atoms with E-state index in [1.165, 1.54) is 42.3 Å². The first-order valence-corrected chi connectivity index (χ1v) is 14.4. The van der Waals surface area contributed by atoms with Gasteiger partial charge in [-0.1, -0.05) is 72.1 Å². The van der Waals surface area contributed by atoms with Crippen LogP contribution in [0.1, 0.15) is 12.8 Å². The van der Waals surface area contributed by atoms with Gasteiger partial charge in [0.25, 0.3) is 0 Å². The van der Waals surface area contributed by atoms with Gasteiger partial charge in [0.05, 0.1) is 22.7 Å². The van der Waals surface area contributed by atoms with Crippen LogP contribution in [-0.2, 0) is 0 Å². The standard InChI is InChI=1S/C31H31N3S2/c1-32(20-10-22-33-24-12-2-6-16-28(24)35-29-17-7-3-13-25(29)33)21-11-23-34-26-14-4-8-18-30(26)36-31-19-9-5-15-27(31)34/h2-9,12-19H,10-11,20-23H2,1H3. The second-order valence-corrected chi connectivity index (χ2v) is 11.6. The molecule has 2 aliphatic rings. The maximum Gasteiger partial charge on any atom is 0.0552 e. The topological polar surface area (TPSA) is 9.72 Å². The van der Waals surface area contributed by atoms with Crippen LogP contribution >= 0.6 is 23.5 Å². The van der Waals surface area contributed by atoms with Crippen molar-refractivity contribution in [3.8, 4) is 0 Å². The largest absolute Gasteiger partial charge is 0.340 e. The third-order valence-electron chi connectivity index (χ3n) is 6.91. The van der Waals surface area contributed by atoms with E-state index < -0.39 is 0 Å². The summed E-state index contributed by atoms with van der Waals surface area (Å²) in [4.78, 5) is 12.9. The van der Waals surface area contributed by atoms with Gasteiger partial charge in [0.2, 0.25) is 0 Å². The summed E-state index contributed by atoms with van der Waals surface area (Å²) in [5.74, 6) is 0. The van der Waals surface area contributed by atoms with E-state index in [-0.39, 0.29) is 0 Å². The third-order valence-corrected chi connectivity index (χ3v) is 9.17. The average molecular weight is 510 g/mol. The summed E-state index contributed by atoms with van der Waals surface area (Å²) in [5.41, 5.74) is 5.35. The lowest BCUT2D eigenvalue weighted by Crippen LogP contribution is -2.29. The number of hydrogen-bond acceptors (Lipinski definition) is 5. The van der Waals surface area contributed by atoms with Crippen molar-refractivity contribution in [2.24, 2.45) is 0 Å². The van der Waals surface area contributed by atoms with E-state index in [1.807, 2.05) is 23.5 Å². The van der Waals surface area contributed by atoms with Crippen molar-refractivity contribution in [2.45, 2.75) is 32.4 Å². The number of fused-ring (bicyclic) bond motifs is 4. The Labute approximate surface area is 223 Å². The van der Waals surface area contributed by atoms with Gasteiger partial charge in [-0.05, 0) is 81.5 Å². The van der Waals surface area contributed by atoms with E-state index in [9.17, 15) is 0 Å². The Hall–Kier alpha value is -2.86. The van der Waals surface area contributed by atoms with E-state index in [0.29, 0.717) is 0 Å². The van der Waals surface area contributed by atoms with Crippen LogP contribution in [-0.4, -0.2) is 38.1 Å². The molecule has 0 fully saturated rings. The summed E-state index contributed by atoms with van der Waals surface area (Å²) in [6, 6.07) is 35.2. The van der Waals surface area contributed by atoms with Crippen LogP contribution in [0.5, 0.6) is 0 Å². The van der Waals surface area contributed by atoms with Gasteiger partial charge in [-0.15, -0.1) is 0 Å². The monoisotopic (exact) mass is 509 g/mol. The van der Waals surface area contributed by atoms with Crippen LogP contribution in [0.2, 0.25) is 0 Å². The SMILES string of the molecule is CN(CCCN1c2ccccc2Sc2ccccc21)CCCN1c2ccccc2Sc2ccccc21. The molecule has 0 aromatic heterocycles. The van der Waals surface area contributed by atoms with Crippen molar-refractivity contribution >= 4 is 46.3 Å². The zero-order valence-corrected chi connectivity index (χ0v) is 22.3. The normalized spacial score (nSPS) is 13.7. The molecule has 0 unspecified atom stereocenters. The first-order chi connectivity index (χ1) is 17.8. The first-order valence-electron chi connectivity index (χ1n) is 12.7. The van der Waals surface area contributed by atoms with Crippen molar-refractivity contribution < 1.29 is 0 Å². The molecule has 0 saturated heterocycles. The second kappa shape index (κ2) is 10.6. The number of nitrogens with zero attached hydrogens (tertiary/aromatic N) is 3. The number of rotatable bonds is 8. The maximum absolute atomic E-state index is 2.51. The summed E-state index contributed by atoms with van der Waals surface area (Å²) >= 11 is 3.77. The highest BCUT2D eigenvalue weighted by Crippen LogP contribution is 2.49. The van der Waals surface area contributed by atoms with Crippen molar-refractivity contribution in [3.63, 3.8) is 0 Å². The Morgan fingerprint density at radius 2 is 0.806 bits per heavy atom. The molecule has 6 rings (SSSR count). The predicted octanol–water partition coefficient (Wildman–Crippen LogP) is 8.30. The Balaban J connectivity index is 1.06. The minimum Gasteiger partial charge on any atom is -0.340 e. The summed E-state index contributed by atoms with van der Waals surface area (Å²) in [6.07, 6.45) is 2.27. The average Bonchev–Trinajstić information content (AvgIpc) is 2.92. The lowest BCUT2D eigenvalue weighted by atomic mass is 10.2. The van der Waals surface area contributed by atoms with E-state index in [4.69, 9.17) is 0 Å². The molecule has 36 heavy (non-hydrogen) atoms.